The summed E-state index contributed by atoms with van der Waals surface area (Å²) in [6, 6.07) is 3.39. The number of nitrogen functional groups attached to an aromatic ring is 1. The van der Waals surface area contributed by atoms with Crippen LogP contribution >= 0.6 is 0 Å². The van der Waals surface area contributed by atoms with Gasteiger partial charge in [0.15, 0.2) is 0 Å². The average molecular weight is 170 g/mol. The summed E-state index contributed by atoms with van der Waals surface area (Å²) in [6.45, 7) is 7.46. The molecule has 64 valence electrons. The van der Waals surface area contributed by atoms with Gasteiger partial charge >= 0.3 is 0 Å². The second kappa shape index (κ2) is 3.94. The molecule has 13 heavy (non-hydrogen) atoms. The Kier molecular flexibility index (Phi) is 2.90. The van der Waals surface area contributed by atoms with E-state index in [0.717, 1.165) is 5.57 Å². The molecule has 1 aromatic rings. The minimum atomic E-state index is 0.453. The predicted octanol–water partition coefficient (Wildman–Crippen LogP) is 1.05. The summed E-state index contributed by atoms with van der Waals surface area (Å²) in [7, 11) is 5.53. The largest absolute Gasteiger partial charge is 0.397 e. The smallest absolute Gasteiger partial charge is 0.141 e. The van der Waals surface area contributed by atoms with Crippen LogP contribution in [-0.4, -0.2) is 12.8 Å². The van der Waals surface area contributed by atoms with E-state index in [2.05, 4.69) is 18.1 Å². The Morgan fingerprint density at radius 3 is 2.92 bits per heavy atom. The molecule has 0 saturated heterocycles. The van der Waals surface area contributed by atoms with Crippen LogP contribution in [0, 0.1) is 0 Å². The van der Waals surface area contributed by atoms with Crippen LogP contribution in [0.25, 0.3) is 5.57 Å². The normalized spacial score (nSPS) is 9.54. The number of allylic oxidation sites excluding steroid dienone is 2. The van der Waals surface area contributed by atoms with Gasteiger partial charge in [0.2, 0.25) is 0 Å². The van der Waals surface area contributed by atoms with Crippen LogP contribution in [0.1, 0.15) is 12.1 Å². The van der Waals surface area contributed by atoms with E-state index in [0.29, 0.717) is 23.4 Å². The quantitative estimate of drug-likeness (QED) is 0.543. The van der Waals surface area contributed by atoms with Crippen molar-refractivity contribution in [2.45, 2.75) is 6.42 Å². The summed E-state index contributed by atoms with van der Waals surface area (Å²) >= 11 is 0. The number of hydrogen-bond donors (Lipinski definition) is 1. The molecule has 1 heterocycles. The van der Waals surface area contributed by atoms with E-state index in [1.54, 1.807) is 18.2 Å². The Balaban J connectivity index is 3.05. The van der Waals surface area contributed by atoms with Gasteiger partial charge in [-0.25, -0.2) is 0 Å². The fourth-order valence-corrected chi connectivity index (χ4v) is 1.04. The van der Waals surface area contributed by atoms with E-state index in [9.17, 15) is 0 Å². The molecule has 0 bridgehead atoms. The zero-order chi connectivity index (χ0) is 9.84. The zero-order valence-corrected chi connectivity index (χ0v) is 7.46. The molecular weight excluding hydrogens is 159 g/mol. The van der Waals surface area contributed by atoms with Gasteiger partial charge in [-0.1, -0.05) is 12.7 Å². The van der Waals surface area contributed by atoms with Crippen molar-refractivity contribution in [3.63, 3.8) is 0 Å². The molecule has 0 fully saturated rings. The summed E-state index contributed by atoms with van der Waals surface area (Å²) in [5, 5.41) is 0. The Bertz CT molecular complexity index is 345. The third kappa shape index (κ3) is 2.21. The highest BCUT2D eigenvalue weighted by atomic mass is 14.7. The molecule has 0 aromatic carbocycles. The Labute approximate surface area is 79.6 Å². The molecule has 0 atom stereocenters. The minimum absolute atomic E-state index is 0.453. The number of anilines is 1. The molecule has 2 N–H and O–H groups in total. The molecule has 0 amide bonds. The highest BCUT2D eigenvalue weighted by Gasteiger charge is 2.03. The molecule has 0 spiro atoms. The van der Waals surface area contributed by atoms with Crippen molar-refractivity contribution in [1.82, 2.24) is 4.98 Å². The van der Waals surface area contributed by atoms with E-state index in [1.807, 2.05) is 0 Å². The van der Waals surface area contributed by atoms with Crippen LogP contribution in [0.4, 0.5) is 5.69 Å². The molecule has 2 nitrogen and oxygen atoms in total. The molecule has 2 radical (unpaired) electrons. The van der Waals surface area contributed by atoms with Crippen molar-refractivity contribution in [1.29, 1.82) is 0 Å². The lowest BCUT2D eigenvalue weighted by Gasteiger charge is -2.06. The molecule has 1 rings (SSSR count). The first-order chi connectivity index (χ1) is 6.15. The molecule has 0 aliphatic carbocycles. The van der Waals surface area contributed by atoms with Gasteiger partial charge in [-0.2, -0.15) is 0 Å². The minimum Gasteiger partial charge on any atom is -0.397 e. The van der Waals surface area contributed by atoms with E-state index >= 15 is 0 Å². The molecule has 0 saturated carbocycles. The van der Waals surface area contributed by atoms with Crippen molar-refractivity contribution >= 4 is 24.7 Å². The number of nitrogens with zero attached hydrogens (tertiary/aromatic N) is 1. The van der Waals surface area contributed by atoms with E-state index in [1.165, 1.54) is 0 Å². The number of rotatable bonds is 3. The van der Waals surface area contributed by atoms with Gasteiger partial charge in [0.1, 0.15) is 7.85 Å². The van der Waals surface area contributed by atoms with E-state index in [-0.39, 0.29) is 0 Å². The third-order valence-corrected chi connectivity index (χ3v) is 1.67. The monoisotopic (exact) mass is 170 g/mol. The molecule has 3 heteroatoms. The van der Waals surface area contributed by atoms with Crippen LogP contribution < -0.4 is 11.3 Å². The van der Waals surface area contributed by atoms with Crippen LogP contribution in [-0.2, 0) is 0 Å². The van der Waals surface area contributed by atoms with Crippen molar-refractivity contribution < 1.29 is 0 Å². The Hall–Kier alpha value is -1.51. The topological polar surface area (TPSA) is 38.9 Å². The lowest BCUT2D eigenvalue weighted by atomic mass is 10.0. The van der Waals surface area contributed by atoms with Crippen LogP contribution in [0.5, 0.6) is 0 Å². The first kappa shape index (κ1) is 9.58. The van der Waals surface area contributed by atoms with Crippen LogP contribution in [0.3, 0.4) is 0 Å². The number of nitrogens with two attached hydrogens (primary N) is 1. The number of pyridine rings is 1. The van der Waals surface area contributed by atoms with Gasteiger partial charge < -0.3 is 5.73 Å². The first-order valence-corrected chi connectivity index (χ1v) is 3.96. The Morgan fingerprint density at radius 1 is 1.62 bits per heavy atom. The lowest BCUT2D eigenvalue weighted by Crippen LogP contribution is -2.11. The lowest BCUT2D eigenvalue weighted by molar-refractivity contribution is 1.28. The third-order valence-electron chi connectivity index (χ3n) is 1.67. The van der Waals surface area contributed by atoms with Crippen molar-refractivity contribution in [3.8, 4) is 0 Å². The SMILES string of the molecule is [B]c1ccc(N)c(C(=C)CC=C)n1. The number of aromatic nitrogens is 1. The average Bonchev–Trinajstić information content (AvgIpc) is 2.09. The molecular formula is C10H11BN2. The van der Waals surface area contributed by atoms with Crippen LogP contribution in [0.15, 0.2) is 31.4 Å². The molecule has 0 aliphatic heterocycles. The van der Waals surface area contributed by atoms with E-state index < -0.39 is 0 Å². The molecule has 1 aromatic heterocycles. The molecule has 0 unspecified atom stereocenters. The summed E-state index contributed by atoms with van der Waals surface area (Å²) in [6.07, 6.45) is 2.42. The standard InChI is InChI=1S/C10H11BN2/c1-3-4-7(2)10-8(12)5-6-9(11)13-10/h3,5-6H,1-2,4,12H2. The van der Waals surface area contributed by atoms with Crippen molar-refractivity contribution in [2.75, 3.05) is 5.73 Å². The number of hydrogen-bond acceptors (Lipinski definition) is 2. The highest BCUT2D eigenvalue weighted by Crippen LogP contribution is 2.18. The van der Waals surface area contributed by atoms with Crippen molar-refractivity contribution in [3.05, 3.63) is 37.1 Å². The molecule has 0 aliphatic rings. The van der Waals surface area contributed by atoms with Gasteiger partial charge in [-0.3, -0.25) is 4.98 Å². The van der Waals surface area contributed by atoms with Gasteiger partial charge in [0.25, 0.3) is 0 Å². The van der Waals surface area contributed by atoms with Gasteiger partial charge in [-0.15, -0.1) is 6.58 Å². The first-order valence-electron chi connectivity index (χ1n) is 3.96. The van der Waals surface area contributed by atoms with Crippen molar-refractivity contribution in [2.24, 2.45) is 0 Å². The van der Waals surface area contributed by atoms with Crippen LogP contribution in [0.2, 0.25) is 0 Å². The predicted molar refractivity (Wildman–Crippen MR) is 57.9 cm³/mol. The summed E-state index contributed by atoms with van der Waals surface area (Å²) in [5.41, 5.74) is 8.26. The van der Waals surface area contributed by atoms with E-state index in [4.69, 9.17) is 13.6 Å². The fourth-order valence-electron chi connectivity index (χ4n) is 1.04. The maximum atomic E-state index is 5.71. The summed E-state index contributed by atoms with van der Waals surface area (Å²) in [4.78, 5) is 4.10. The maximum absolute atomic E-state index is 5.71. The van der Waals surface area contributed by atoms with Gasteiger partial charge in [0.05, 0.1) is 11.4 Å². The second-order valence-electron chi connectivity index (χ2n) is 2.77. The zero-order valence-electron chi connectivity index (χ0n) is 7.46. The Morgan fingerprint density at radius 2 is 2.31 bits per heavy atom. The highest BCUT2D eigenvalue weighted by molar-refractivity contribution is 6.30. The fraction of sp³-hybridized carbons (Fsp3) is 0.100. The summed E-state index contributed by atoms with van der Waals surface area (Å²) < 4.78 is 0. The second-order valence-corrected chi connectivity index (χ2v) is 2.77. The maximum Gasteiger partial charge on any atom is 0.141 e. The van der Waals surface area contributed by atoms with Gasteiger partial charge in [0, 0.05) is 0 Å². The summed E-state index contributed by atoms with van der Waals surface area (Å²) in [5.74, 6) is 0. The van der Waals surface area contributed by atoms with Gasteiger partial charge in [-0.05, 0) is 29.7 Å².